The number of ether oxygens (including phenoxy) is 1. The maximum absolute atomic E-state index is 11.7. The van der Waals surface area contributed by atoms with Gasteiger partial charge < -0.3 is 15.4 Å². The monoisotopic (exact) mass is 397 g/mol. The van der Waals surface area contributed by atoms with Gasteiger partial charge in [0.2, 0.25) is 0 Å². The van der Waals surface area contributed by atoms with Crippen LogP contribution in [0.25, 0.3) is 0 Å². The normalized spacial score (nSPS) is 30.2. The Morgan fingerprint density at radius 1 is 1.26 bits per heavy atom. The van der Waals surface area contributed by atoms with Crippen LogP contribution in [0.5, 0.6) is 0 Å². The largest absolute Gasteiger partial charge is 0.375 e. The fourth-order valence-corrected chi connectivity index (χ4v) is 6.39. The maximum atomic E-state index is 11.7. The van der Waals surface area contributed by atoms with E-state index in [1.807, 2.05) is 6.92 Å². The average Bonchev–Trinajstić information content (AvgIpc) is 2.97. The van der Waals surface area contributed by atoms with Crippen LogP contribution in [0.2, 0.25) is 0 Å². The summed E-state index contributed by atoms with van der Waals surface area (Å²) in [7, 11) is -2.85. The molecule has 2 atom stereocenters. The Morgan fingerprint density at radius 3 is 2.70 bits per heavy atom. The van der Waals surface area contributed by atoms with Gasteiger partial charge in [-0.2, -0.15) is 0 Å². The second-order valence-electron chi connectivity index (χ2n) is 8.70. The molecule has 2 N–H and O–H groups in total. The predicted molar refractivity (Wildman–Crippen MR) is 110 cm³/mol. The van der Waals surface area contributed by atoms with Crippen molar-refractivity contribution in [3.8, 4) is 0 Å². The third-order valence-corrected chi connectivity index (χ3v) is 7.83. The summed E-state index contributed by atoms with van der Waals surface area (Å²) < 4.78 is 29.6. The molecule has 3 rings (SSSR count). The highest BCUT2D eigenvalue weighted by Gasteiger charge is 2.38. The Hall–Kier alpha value is -1.08. The first kappa shape index (κ1) is 20.6. The molecule has 0 aromatic heterocycles. The fourth-order valence-electron chi connectivity index (χ4n) is 4.53. The van der Waals surface area contributed by atoms with Gasteiger partial charge in [0.05, 0.1) is 23.7 Å². The van der Waals surface area contributed by atoms with Gasteiger partial charge in [-0.05, 0) is 44.9 Å². The van der Waals surface area contributed by atoms with Gasteiger partial charge in [0, 0.05) is 19.2 Å². The summed E-state index contributed by atoms with van der Waals surface area (Å²) in [5, 5.41) is 6.98. The summed E-state index contributed by atoms with van der Waals surface area (Å²) in [5.41, 5.74) is 1.06. The first-order valence-electron chi connectivity index (χ1n) is 10.4. The number of guanidine groups is 1. The van der Waals surface area contributed by atoms with Gasteiger partial charge in [-0.1, -0.05) is 31.4 Å². The molecule has 7 heteroatoms. The highest BCUT2D eigenvalue weighted by Crippen LogP contribution is 2.38. The molecule has 27 heavy (non-hydrogen) atoms. The zero-order valence-electron chi connectivity index (χ0n) is 16.6. The van der Waals surface area contributed by atoms with E-state index < -0.39 is 9.84 Å². The van der Waals surface area contributed by atoms with E-state index in [-0.39, 0.29) is 17.3 Å². The van der Waals surface area contributed by atoms with Gasteiger partial charge in [-0.15, -0.1) is 0 Å². The molecule has 0 bridgehead atoms. The molecule has 2 unspecified atom stereocenters. The number of hydrogen-bond donors (Lipinski definition) is 2. The zero-order chi connectivity index (χ0) is 19.3. The Kier molecular flexibility index (Phi) is 6.84. The van der Waals surface area contributed by atoms with E-state index in [1.165, 1.54) is 19.3 Å². The van der Waals surface area contributed by atoms with Gasteiger partial charge in [0.15, 0.2) is 15.8 Å². The molecule has 2 aliphatic heterocycles. The molecule has 1 saturated carbocycles. The van der Waals surface area contributed by atoms with Crippen molar-refractivity contribution in [3.63, 3.8) is 0 Å². The highest BCUT2D eigenvalue weighted by molar-refractivity contribution is 7.91. The summed E-state index contributed by atoms with van der Waals surface area (Å²) in [6, 6.07) is 0.348. The van der Waals surface area contributed by atoms with Crippen LogP contribution in [0.15, 0.2) is 17.1 Å². The van der Waals surface area contributed by atoms with Gasteiger partial charge in [-0.25, -0.2) is 13.4 Å². The molecule has 2 heterocycles. The second-order valence-corrected chi connectivity index (χ2v) is 10.9. The first-order valence-corrected chi connectivity index (χ1v) is 12.2. The first-order chi connectivity index (χ1) is 12.9. The molecule has 0 radical (unpaired) electrons. The zero-order valence-corrected chi connectivity index (χ0v) is 17.5. The number of sulfone groups is 1. The molecule has 0 amide bonds. The smallest absolute Gasteiger partial charge is 0.191 e. The van der Waals surface area contributed by atoms with Gasteiger partial charge in [0.1, 0.15) is 0 Å². The summed E-state index contributed by atoms with van der Waals surface area (Å²) in [6.45, 7) is 7.93. The van der Waals surface area contributed by atoms with Crippen molar-refractivity contribution < 1.29 is 13.2 Å². The quantitative estimate of drug-likeness (QED) is 0.423. The van der Waals surface area contributed by atoms with E-state index in [9.17, 15) is 8.42 Å². The molecule has 6 nitrogen and oxygen atoms in total. The highest BCUT2D eigenvalue weighted by atomic mass is 32.2. The fraction of sp³-hybridized carbons (Fsp3) is 0.850. The van der Waals surface area contributed by atoms with Crippen molar-refractivity contribution >= 4 is 15.8 Å². The Bertz CT molecular complexity index is 648. The van der Waals surface area contributed by atoms with Crippen molar-refractivity contribution in [2.75, 3.05) is 31.2 Å². The second kappa shape index (κ2) is 8.95. The van der Waals surface area contributed by atoms with Crippen molar-refractivity contribution in [3.05, 3.63) is 12.2 Å². The average molecular weight is 398 g/mol. The molecule has 0 aromatic carbocycles. The van der Waals surface area contributed by atoms with Crippen LogP contribution >= 0.6 is 0 Å². The lowest BCUT2D eigenvalue weighted by molar-refractivity contribution is -0.107. The van der Waals surface area contributed by atoms with Crippen LogP contribution in [0.4, 0.5) is 0 Å². The summed E-state index contributed by atoms with van der Waals surface area (Å²) in [4.78, 5) is 4.65. The van der Waals surface area contributed by atoms with E-state index in [0.29, 0.717) is 24.9 Å². The molecule has 154 valence electrons. The summed E-state index contributed by atoms with van der Waals surface area (Å²) >= 11 is 0. The van der Waals surface area contributed by atoms with Crippen LogP contribution < -0.4 is 10.6 Å². The number of hydrogen-bond acceptors (Lipinski definition) is 4. The van der Waals surface area contributed by atoms with E-state index in [0.717, 1.165) is 50.2 Å². The molecule has 0 aromatic rings. The summed E-state index contributed by atoms with van der Waals surface area (Å²) in [6.07, 6.45) is 8.92. The topological polar surface area (TPSA) is 79.8 Å². The van der Waals surface area contributed by atoms with Crippen molar-refractivity contribution in [1.29, 1.82) is 0 Å². The number of rotatable bonds is 5. The lowest BCUT2D eigenvalue weighted by Crippen LogP contribution is -2.52. The number of aliphatic imine (C=N–C) groups is 1. The van der Waals surface area contributed by atoms with E-state index >= 15 is 0 Å². The SMILES string of the molecule is C=C(C)CN=C(NCC1CCS(=O)(=O)C1)NC1CCOC2(CCCCC2)C1. The van der Waals surface area contributed by atoms with E-state index in [4.69, 9.17) is 4.74 Å². The molecule has 2 saturated heterocycles. The lowest BCUT2D eigenvalue weighted by Gasteiger charge is -2.44. The van der Waals surface area contributed by atoms with Crippen molar-refractivity contribution in [1.82, 2.24) is 10.6 Å². The van der Waals surface area contributed by atoms with Crippen LogP contribution in [0.3, 0.4) is 0 Å². The minimum Gasteiger partial charge on any atom is -0.375 e. The van der Waals surface area contributed by atoms with Crippen molar-refractivity contribution in [2.45, 2.75) is 69.9 Å². The molecule has 1 aliphatic carbocycles. The van der Waals surface area contributed by atoms with Gasteiger partial charge in [-0.3, -0.25) is 0 Å². The minimum absolute atomic E-state index is 0.0488. The van der Waals surface area contributed by atoms with E-state index in [1.54, 1.807) is 0 Å². The minimum atomic E-state index is -2.85. The molecule has 1 spiro atoms. The Morgan fingerprint density at radius 2 is 2.04 bits per heavy atom. The molecule has 3 fully saturated rings. The van der Waals surface area contributed by atoms with Gasteiger partial charge >= 0.3 is 0 Å². The number of nitrogens with zero attached hydrogens (tertiary/aromatic N) is 1. The van der Waals surface area contributed by atoms with Crippen LogP contribution in [0.1, 0.15) is 58.3 Å². The van der Waals surface area contributed by atoms with Gasteiger partial charge in [0.25, 0.3) is 0 Å². The molecule has 3 aliphatic rings. The van der Waals surface area contributed by atoms with Crippen LogP contribution in [-0.4, -0.2) is 57.2 Å². The summed E-state index contributed by atoms with van der Waals surface area (Å²) in [5.74, 6) is 1.55. The maximum Gasteiger partial charge on any atom is 0.191 e. The number of nitrogens with one attached hydrogen (secondary N) is 2. The van der Waals surface area contributed by atoms with E-state index in [2.05, 4.69) is 22.2 Å². The standard InChI is InChI=1S/C20H35N3O3S/c1-16(2)13-21-19(22-14-17-7-11-27(24,25)15-17)23-18-6-10-26-20(12-18)8-4-3-5-9-20/h17-18H,1,3-15H2,2H3,(H2,21,22,23). The molecular weight excluding hydrogens is 362 g/mol. The Labute approximate surface area is 164 Å². The lowest BCUT2D eigenvalue weighted by atomic mass is 9.78. The Balaban J connectivity index is 1.57. The third kappa shape index (κ3) is 6.21. The van der Waals surface area contributed by atoms with Crippen molar-refractivity contribution in [2.24, 2.45) is 10.9 Å². The van der Waals surface area contributed by atoms with Crippen LogP contribution in [-0.2, 0) is 14.6 Å². The third-order valence-electron chi connectivity index (χ3n) is 5.99. The molecular formula is C20H35N3O3S. The predicted octanol–water partition coefficient (Wildman–Crippen LogP) is 2.41. The van der Waals surface area contributed by atoms with Crippen LogP contribution in [0, 0.1) is 5.92 Å².